The third kappa shape index (κ3) is 4.80. The lowest BCUT2D eigenvalue weighted by Gasteiger charge is -2.28. The highest BCUT2D eigenvalue weighted by Crippen LogP contribution is 2.05. The van der Waals surface area contributed by atoms with Gasteiger partial charge in [0.2, 0.25) is 5.91 Å². The molecule has 4 nitrogen and oxygen atoms in total. The molecule has 0 aliphatic rings. The summed E-state index contributed by atoms with van der Waals surface area (Å²) in [6, 6.07) is 1.73. The molecule has 0 bridgehead atoms. The van der Waals surface area contributed by atoms with E-state index in [1.807, 2.05) is 26.8 Å². The van der Waals surface area contributed by atoms with E-state index in [4.69, 9.17) is 11.0 Å². The van der Waals surface area contributed by atoms with E-state index < -0.39 is 6.04 Å². The minimum atomic E-state index is -0.420. The molecule has 15 heavy (non-hydrogen) atoms. The van der Waals surface area contributed by atoms with Crippen LogP contribution >= 0.6 is 0 Å². The van der Waals surface area contributed by atoms with Crippen molar-refractivity contribution in [2.24, 2.45) is 5.73 Å². The Bertz CT molecular complexity index is 232. The molecule has 0 aliphatic heterocycles. The van der Waals surface area contributed by atoms with Crippen LogP contribution < -0.4 is 5.73 Å². The van der Waals surface area contributed by atoms with E-state index in [0.717, 1.165) is 6.42 Å². The van der Waals surface area contributed by atoms with Crippen LogP contribution in [-0.4, -0.2) is 29.4 Å². The Morgan fingerprint density at radius 2 is 2.13 bits per heavy atom. The third-order valence-electron chi connectivity index (χ3n) is 2.29. The number of nitrogens with zero attached hydrogens (tertiary/aromatic N) is 2. The van der Waals surface area contributed by atoms with Gasteiger partial charge in [-0.25, -0.2) is 0 Å². The summed E-state index contributed by atoms with van der Waals surface area (Å²) in [5.41, 5.74) is 5.76. The first-order valence-electron chi connectivity index (χ1n) is 5.47. The molecule has 0 saturated heterocycles. The maximum absolute atomic E-state index is 11.9. The number of hydrogen-bond acceptors (Lipinski definition) is 3. The lowest BCUT2D eigenvalue weighted by Crippen LogP contribution is -2.47. The van der Waals surface area contributed by atoms with Gasteiger partial charge in [-0.15, -0.1) is 0 Å². The molecule has 0 saturated carbocycles. The lowest BCUT2D eigenvalue weighted by atomic mass is 10.1. The smallest absolute Gasteiger partial charge is 0.239 e. The number of carbonyl (C=O) groups excluding carboxylic acids is 1. The summed E-state index contributed by atoms with van der Waals surface area (Å²) < 4.78 is 0. The number of rotatable bonds is 6. The molecular weight excluding hydrogens is 190 g/mol. The second kappa shape index (κ2) is 7.24. The molecule has 0 aromatic carbocycles. The Morgan fingerprint density at radius 3 is 2.53 bits per heavy atom. The summed E-state index contributed by atoms with van der Waals surface area (Å²) >= 11 is 0. The average Bonchev–Trinajstić information content (AvgIpc) is 2.18. The first kappa shape index (κ1) is 13.9. The van der Waals surface area contributed by atoms with Gasteiger partial charge in [0.25, 0.3) is 0 Å². The maximum atomic E-state index is 11.9. The highest BCUT2D eigenvalue weighted by molar-refractivity contribution is 5.81. The van der Waals surface area contributed by atoms with Gasteiger partial charge in [-0.3, -0.25) is 4.79 Å². The minimum absolute atomic E-state index is 0.0397. The molecule has 0 spiro atoms. The molecule has 1 atom stereocenters. The Balaban J connectivity index is 4.35. The van der Waals surface area contributed by atoms with E-state index in [0.29, 0.717) is 19.4 Å². The van der Waals surface area contributed by atoms with E-state index in [9.17, 15) is 4.79 Å². The number of amides is 1. The van der Waals surface area contributed by atoms with Gasteiger partial charge >= 0.3 is 0 Å². The maximum Gasteiger partial charge on any atom is 0.239 e. The van der Waals surface area contributed by atoms with Crippen LogP contribution in [0.3, 0.4) is 0 Å². The van der Waals surface area contributed by atoms with Crippen LogP contribution in [0.5, 0.6) is 0 Å². The highest BCUT2D eigenvalue weighted by atomic mass is 16.2. The van der Waals surface area contributed by atoms with Crippen molar-refractivity contribution in [3.63, 3.8) is 0 Å². The molecule has 0 heterocycles. The van der Waals surface area contributed by atoms with Crippen LogP contribution in [0.4, 0.5) is 0 Å². The molecule has 0 unspecified atom stereocenters. The Hall–Kier alpha value is -1.08. The molecule has 0 fully saturated rings. The van der Waals surface area contributed by atoms with Crippen LogP contribution in [-0.2, 0) is 4.79 Å². The topological polar surface area (TPSA) is 70.1 Å². The van der Waals surface area contributed by atoms with Gasteiger partial charge in [0, 0.05) is 12.6 Å². The van der Waals surface area contributed by atoms with Crippen LogP contribution in [0, 0.1) is 11.3 Å². The first-order valence-corrected chi connectivity index (χ1v) is 5.47. The average molecular weight is 211 g/mol. The molecule has 2 N–H and O–H groups in total. The van der Waals surface area contributed by atoms with E-state index in [2.05, 4.69) is 0 Å². The SMILES string of the molecule is CCC[C@H](N)C(=O)N(CCC#N)C(C)C. The summed E-state index contributed by atoms with van der Waals surface area (Å²) in [5, 5.41) is 8.50. The number of nitriles is 1. The summed E-state index contributed by atoms with van der Waals surface area (Å²) in [6.07, 6.45) is 1.97. The number of nitrogens with two attached hydrogens (primary N) is 1. The van der Waals surface area contributed by atoms with E-state index in [1.54, 1.807) is 4.90 Å². The van der Waals surface area contributed by atoms with Gasteiger partial charge in [-0.05, 0) is 20.3 Å². The second-order valence-corrected chi connectivity index (χ2v) is 3.93. The van der Waals surface area contributed by atoms with Crippen LogP contribution in [0.25, 0.3) is 0 Å². The van der Waals surface area contributed by atoms with Crippen molar-refractivity contribution >= 4 is 5.91 Å². The molecule has 0 radical (unpaired) electrons. The van der Waals surface area contributed by atoms with Gasteiger partial charge in [0.15, 0.2) is 0 Å². The first-order chi connectivity index (χ1) is 7.04. The molecular formula is C11H21N3O. The Kier molecular flexibility index (Phi) is 6.72. The molecule has 0 rings (SSSR count). The van der Waals surface area contributed by atoms with Gasteiger partial charge < -0.3 is 10.6 Å². The zero-order valence-corrected chi connectivity index (χ0v) is 9.86. The van der Waals surface area contributed by atoms with Gasteiger partial charge in [-0.2, -0.15) is 5.26 Å². The van der Waals surface area contributed by atoms with Gasteiger partial charge in [0.1, 0.15) is 0 Å². The highest BCUT2D eigenvalue weighted by Gasteiger charge is 2.21. The van der Waals surface area contributed by atoms with Crippen molar-refractivity contribution in [1.29, 1.82) is 5.26 Å². The molecule has 0 aromatic rings. The van der Waals surface area contributed by atoms with Crippen molar-refractivity contribution in [3.8, 4) is 6.07 Å². The van der Waals surface area contributed by atoms with Crippen LogP contribution in [0.1, 0.15) is 40.0 Å². The Morgan fingerprint density at radius 1 is 1.53 bits per heavy atom. The fraction of sp³-hybridized carbons (Fsp3) is 0.818. The summed E-state index contributed by atoms with van der Waals surface area (Å²) in [5.74, 6) is -0.0397. The van der Waals surface area contributed by atoms with E-state index in [-0.39, 0.29) is 11.9 Å². The zero-order valence-electron chi connectivity index (χ0n) is 9.86. The predicted octanol–water partition coefficient (Wildman–Crippen LogP) is 1.26. The fourth-order valence-corrected chi connectivity index (χ4v) is 1.44. The largest absolute Gasteiger partial charge is 0.338 e. The van der Waals surface area contributed by atoms with Crippen molar-refractivity contribution in [2.75, 3.05) is 6.54 Å². The van der Waals surface area contributed by atoms with E-state index >= 15 is 0 Å². The monoisotopic (exact) mass is 211 g/mol. The van der Waals surface area contributed by atoms with E-state index in [1.165, 1.54) is 0 Å². The molecule has 86 valence electrons. The van der Waals surface area contributed by atoms with Crippen molar-refractivity contribution in [1.82, 2.24) is 4.90 Å². The summed E-state index contributed by atoms with van der Waals surface area (Å²) in [4.78, 5) is 13.6. The lowest BCUT2D eigenvalue weighted by molar-refractivity contribution is -0.134. The third-order valence-corrected chi connectivity index (χ3v) is 2.29. The molecule has 0 aliphatic carbocycles. The summed E-state index contributed by atoms with van der Waals surface area (Å²) in [6.45, 7) is 6.36. The van der Waals surface area contributed by atoms with Crippen molar-refractivity contribution < 1.29 is 4.79 Å². The number of carbonyl (C=O) groups is 1. The van der Waals surface area contributed by atoms with Crippen molar-refractivity contribution in [2.45, 2.75) is 52.1 Å². The second-order valence-electron chi connectivity index (χ2n) is 3.93. The predicted molar refractivity (Wildman–Crippen MR) is 60.0 cm³/mol. The standard InChI is InChI=1S/C11H21N3O/c1-4-6-10(13)11(15)14(9(2)3)8-5-7-12/h9-10H,4-6,8,13H2,1-3H3/t10-/m0/s1. The minimum Gasteiger partial charge on any atom is -0.338 e. The molecule has 1 amide bonds. The zero-order chi connectivity index (χ0) is 11.8. The molecule has 0 aromatic heterocycles. The van der Waals surface area contributed by atoms with Crippen LogP contribution in [0.2, 0.25) is 0 Å². The number of hydrogen-bond donors (Lipinski definition) is 1. The van der Waals surface area contributed by atoms with Gasteiger partial charge in [0.05, 0.1) is 18.5 Å². The van der Waals surface area contributed by atoms with Crippen LogP contribution in [0.15, 0.2) is 0 Å². The fourth-order valence-electron chi connectivity index (χ4n) is 1.44. The summed E-state index contributed by atoms with van der Waals surface area (Å²) in [7, 11) is 0. The van der Waals surface area contributed by atoms with Crippen molar-refractivity contribution in [3.05, 3.63) is 0 Å². The molecule has 4 heteroatoms. The quantitative estimate of drug-likeness (QED) is 0.719. The Labute approximate surface area is 92.0 Å². The van der Waals surface area contributed by atoms with Gasteiger partial charge in [-0.1, -0.05) is 13.3 Å². The normalized spacial score (nSPS) is 12.3.